The number of carbonyl (C=O) groups excluding carboxylic acids is 6. The molecule has 4 aromatic rings. The lowest BCUT2D eigenvalue weighted by Gasteiger charge is -2.41. The molecule has 6 rings (SSSR count). The molecular weight excluding hydrogens is 1030 g/mol. The van der Waals surface area contributed by atoms with Gasteiger partial charge in [-0.1, -0.05) is 120 Å². The minimum absolute atomic E-state index is 0.0403. The highest BCUT2D eigenvalue weighted by molar-refractivity contribution is 5.94. The number of rotatable bonds is 23. The summed E-state index contributed by atoms with van der Waals surface area (Å²) in [6, 6.07) is 19.8. The van der Waals surface area contributed by atoms with Crippen molar-refractivity contribution in [2.45, 2.75) is 128 Å². The first kappa shape index (κ1) is 61.3. The first-order valence-corrected chi connectivity index (χ1v) is 26.5. The van der Waals surface area contributed by atoms with Gasteiger partial charge in [-0.2, -0.15) is 8.78 Å². The molecule has 0 spiro atoms. The van der Waals surface area contributed by atoms with E-state index in [1.165, 1.54) is 38.0 Å². The van der Waals surface area contributed by atoms with Crippen LogP contribution in [0.1, 0.15) is 96.8 Å². The second-order valence-electron chi connectivity index (χ2n) is 21.3. The van der Waals surface area contributed by atoms with E-state index in [9.17, 15) is 50.7 Å². The summed E-state index contributed by atoms with van der Waals surface area (Å²) < 4.78 is 93.8. The molecular formula is C59H72F5N5O10. The average molecular weight is 1110 g/mol. The average Bonchev–Trinajstić information content (AvgIpc) is 4.26. The van der Waals surface area contributed by atoms with Gasteiger partial charge in [-0.25, -0.2) is 22.8 Å². The highest BCUT2D eigenvalue weighted by Gasteiger charge is 2.45. The molecule has 0 aromatic heterocycles. The smallest absolute Gasteiger partial charge is 0.410 e. The topological polar surface area (TPSA) is 173 Å². The first-order chi connectivity index (χ1) is 37.4. The van der Waals surface area contributed by atoms with Gasteiger partial charge in [-0.3, -0.25) is 24.1 Å². The second-order valence-corrected chi connectivity index (χ2v) is 21.3. The summed E-state index contributed by atoms with van der Waals surface area (Å²) in [6.45, 7) is 12.3. The summed E-state index contributed by atoms with van der Waals surface area (Å²) in [5.74, 6) is -19.4. The largest absolute Gasteiger partial charge is 0.448 e. The number of ether oxygens (including phenoxy) is 4. The number of likely N-dealkylation sites (tertiary alicyclic amines) is 1. The van der Waals surface area contributed by atoms with Crippen LogP contribution in [-0.2, 0) is 44.6 Å². The molecule has 1 aliphatic carbocycles. The SMILES string of the molecule is CC[C@H](C)C([C@@H](CC(=O)N1CCC[C@H]1[C@H](OC)[C@@H](C)C(=O)N[C@@H](Cc1ccccc1)C(=O)Oc1c(F)c(F)c(F)c(F)c1F)OC)N(C)C(=O)[C@@H](NC(=O)C(C)(C)N(C)C(=O)OCC1c2ccccc2-c2ccccc21)C(C)C. The van der Waals surface area contributed by atoms with Crippen LogP contribution < -0.4 is 15.4 Å². The quantitative estimate of drug-likeness (QED) is 0.0241. The lowest BCUT2D eigenvalue weighted by atomic mass is 9.89. The molecule has 1 aliphatic heterocycles. The molecule has 2 aliphatic rings. The number of nitrogens with one attached hydrogen (secondary N) is 2. The lowest BCUT2D eigenvalue weighted by Crippen LogP contribution is -2.62. The van der Waals surface area contributed by atoms with Crippen LogP contribution in [0.15, 0.2) is 78.9 Å². The van der Waals surface area contributed by atoms with Gasteiger partial charge in [0.25, 0.3) is 0 Å². The van der Waals surface area contributed by atoms with Crippen molar-refractivity contribution in [2.75, 3.05) is 41.5 Å². The minimum Gasteiger partial charge on any atom is -0.448 e. The number of halogens is 5. The fourth-order valence-electron chi connectivity index (χ4n) is 10.6. The fourth-order valence-corrected chi connectivity index (χ4v) is 10.6. The summed E-state index contributed by atoms with van der Waals surface area (Å²) in [5, 5.41) is 5.41. The lowest BCUT2D eigenvalue weighted by molar-refractivity contribution is -0.148. The van der Waals surface area contributed by atoms with Gasteiger partial charge >= 0.3 is 12.1 Å². The fraction of sp³-hybridized carbons (Fsp3) is 0.492. The predicted octanol–water partition coefficient (Wildman–Crippen LogP) is 8.74. The molecule has 5 amide bonds. The van der Waals surface area contributed by atoms with Crippen molar-refractivity contribution in [1.82, 2.24) is 25.3 Å². The van der Waals surface area contributed by atoms with E-state index in [0.29, 0.717) is 24.8 Å². The van der Waals surface area contributed by atoms with Crippen LogP contribution in [0, 0.1) is 46.8 Å². The van der Waals surface area contributed by atoms with Crippen LogP contribution in [-0.4, -0.2) is 134 Å². The second kappa shape index (κ2) is 26.4. The Hall–Kier alpha value is -6.93. The van der Waals surface area contributed by atoms with Gasteiger partial charge in [-0.05, 0) is 66.3 Å². The molecule has 8 atom stereocenters. The molecule has 20 heteroatoms. The molecule has 1 fully saturated rings. The zero-order valence-electron chi connectivity index (χ0n) is 46.5. The van der Waals surface area contributed by atoms with Gasteiger partial charge in [0.05, 0.1) is 36.6 Å². The maximum absolute atomic E-state index is 14.7. The number of esters is 1. The molecule has 4 aromatic carbocycles. The Labute approximate surface area is 458 Å². The van der Waals surface area contributed by atoms with E-state index in [4.69, 9.17) is 18.9 Å². The third-order valence-electron chi connectivity index (χ3n) is 15.7. The van der Waals surface area contributed by atoms with Crippen molar-refractivity contribution in [2.24, 2.45) is 17.8 Å². The number of carbonyl (C=O) groups is 6. The van der Waals surface area contributed by atoms with Crippen LogP contribution in [0.5, 0.6) is 5.75 Å². The first-order valence-electron chi connectivity index (χ1n) is 26.5. The number of fused-ring (bicyclic) bond motifs is 3. The van der Waals surface area contributed by atoms with E-state index in [2.05, 4.69) is 10.6 Å². The van der Waals surface area contributed by atoms with Crippen LogP contribution in [0.25, 0.3) is 11.1 Å². The zero-order valence-corrected chi connectivity index (χ0v) is 46.5. The summed E-state index contributed by atoms with van der Waals surface area (Å²) in [6.07, 6.45) is -1.64. The molecule has 0 saturated carbocycles. The Kier molecular flexibility index (Phi) is 20.4. The summed E-state index contributed by atoms with van der Waals surface area (Å²) in [5.41, 5.74) is 3.17. The van der Waals surface area contributed by atoms with Gasteiger partial charge in [0.1, 0.15) is 24.2 Å². The number of amides is 5. The Bertz CT molecular complexity index is 2780. The van der Waals surface area contributed by atoms with Crippen molar-refractivity contribution in [3.8, 4) is 16.9 Å². The van der Waals surface area contributed by atoms with E-state index in [-0.39, 0.29) is 43.7 Å². The molecule has 1 unspecified atom stereocenters. The van der Waals surface area contributed by atoms with Gasteiger partial charge in [0, 0.05) is 47.2 Å². The van der Waals surface area contributed by atoms with E-state index in [1.54, 1.807) is 70.0 Å². The maximum Gasteiger partial charge on any atom is 0.410 e. The summed E-state index contributed by atoms with van der Waals surface area (Å²) in [4.78, 5) is 89.1. The standard InChI is InChI=1S/C59H72F5N5O10/c1-12-33(4)51(67(8)55(72)50(32(2)3)66-57(74)59(6,7)68(9)58(75)78-31-40-38-25-18-16-23-36(38)37-24-17-19-26-39(37)40)43(76-10)30-44(70)69-28-20-27-42(69)52(77-11)34(5)54(71)65-41(29-35-21-14-13-15-22-35)56(73)79-53-48(63)46(61)45(60)47(62)49(53)64/h13-19,21-26,32-34,40-43,50-52H,12,20,27-31H2,1-11H3,(H,65,71)(H,66,74)/t33-,34+,41-,42-,43+,50-,51?,52+/m0/s1. The van der Waals surface area contributed by atoms with Gasteiger partial charge in [0.15, 0.2) is 0 Å². The highest BCUT2D eigenvalue weighted by atomic mass is 19.2. The number of likely N-dealkylation sites (N-methyl/N-ethyl adjacent to an activating group) is 2. The van der Waals surface area contributed by atoms with Gasteiger partial charge in [-0.15, -0.1) is 0 Å². The van der Waals surface area contributed by atoms with E-state index in [1.807, 2.05) is 62.4 Å². The Balaban J connectivity index is 1.13. The van der Waals surface area contributed by atoms with Crippen LogP contribution in [0.4, 0.5) is 26.7 Å². The van der Waals surface area contributed by atoms with Crippen LogP contribution in [0.3, 0.4) is 0 Å². The molecule has 0 radical (unpaired) electrons. The number of methoxy groups -OCH3 is 2. The van der Waals surface area contributed by atoms with Crippen molar-refractivity contribution in [3.63, 3.8) is 0 Å². The van der Waals surface area contributed by atoms with Crippen molar-refractivity contribution in [1.29, 1.82) is 0 Å². The Morgan fingerprint density at radius 2 is 1.32 bits per heavy atom. The number of hydrogen-bond donors (Lipinski definition) is 2. The van der Waals surface area contributed by atoms with E-state index in [0.717, 1.165) is 22.3 Å². The third-order valence-corrected chi connectivity index (χ3v) is 15.7. The molecule has 1 saturated heterocycles. The Morgan fingerprint density at radius 1 is 0.759 bits per heavy atom. The molecule has 0 bridgehead atoms. The predicted molar refractivity (Wildman–Crippen MR) is 284 cm³/mol. The third kappa shape index (κ3) is 13.2. The van der Waals surface area contributed by atoms with Crippen LogP contribution >= 0.6 is 0 Å². The monoisotopic (exact) mass is 1110 g/mol. The van der Waals surface area contributed by atoms with Gasteiger partial charge < -0.3 is 39.4 Å². The number of benzene rings is 4. The van der Waals surface area contributed by atoms with Crippen molar-refractivity contribution in [3.05, 3.63) is 125 Å². The van der Waals surface area contributed by atoms with Gasteiger partial charge in [0.2, 0.25) is 58.5 Å². The molecule has 15 nitrogen and oxygen atoms in total. The Morgan fingerprint density at radius 3 is 1.86 bits per heavy atom. The maximum atomic E-state index is 14.7. The minimum atomic E-state index is -2.45. The highest BCUT2D eigenvalue weighted by Crippen LogP contribution is 2.45. The summed E-state index contributed by atoms with van der Waals surface area (Å²) in [7, 11) is 5.84. The summed E-state index contributed by atoms with van der Waals surface area (Å²) >= 11 is 0. The number of nitrogens with zero attached hydrogens (tertiary/aromatic N) is 3. The molecule has 2 N–H and O–H groups in total. The normalized spacial score (nSPS) is 16.9. The zero-order chi connectivity index (χ0) is 58.2. The molecule has 1 heterocycles. The van der Waals surface area contributed by atoms with E-state index < -0.39 is 118 Å². The van der Waals surface area contributed by atoms with Crippen molar-refractivity contribution < 1.29 is 69.7 Å². The molecule has 79 heavy (non-hydrogen) atoms. The number of hydrogen-bond acceptors (Lipinski definition) is 10. The van der Waals surface area contributed by atoms with Crippen molar-refractivity contribution >= 4 is 35.7 Å². The van der Waals surface area contributed by atoms with Crippen LogP contribution in [0.2, 0.25) is 0 Å². The van der Waals surface area contributed by atoms with E-state index >= 15 is 0 Å². The molecule has 428 valence electrons.